The number of nitrogens with zero attached hydrogens (tertiary/aromatic N) is 2. The molecule has 0 radical (unpaired) electrons. The zero-order valence-corrected chi connectivity index (χ0v) is 14.0. The van der Waals surface area contributed by atoms with Gasteiger partial charge in [-0.1, -0.05) is 24.2 Å². The third-order valence-electron chi connectivity index (χ3n) is 3.29. The molecule has 3 aromatic rings. The van der Waals surface area contributed by atoms with Gasteiger partial charge in [0.05, 0.1) is 5.56 Å². The number of hydrogen-bond acceptors (Lipinski definition) is 4. The fraction of sp³-hybridized carbons (Fsp3) is 0.118. The Bertz CT molecular complexity index is 828. The Balaban J connectivity index is 1.75. The lowest BCUT2D eigenvalue weighted by Gasteiger charge is -2.07. The summed E-state index contributed by atoms with van der Waals surface area (Å²) in [5.41, 5.74) is 2.10. The van der Waals surface area contributed by atoms with Gasteiger partial charge in [0.2, 0.25) is 0 Å². The van der Waals surface area contributed by atoms with Crippen molar-refractivity contribution in [2.75, 3.05) is 5.32 Å². The standard InChI is InChI=1S/C17H14BrN3O2/c1-2-15-20-17(23-21-15)11-7-9-12(10-8-11)19-16(22)13-5-3-4-6-14(13)18/h3-10H,2H2,1H3,(H,19,22). The maximum Gasteiger partial charge on any atom is 0.257 e. The molecule has 1 aromatic heterocycles. The van der Waals surface area contributed by atoms with Crippen LogP contribution in [-0.2, 0) is 6.42 Å². The van der Waals surface area contributed by atoms with E-state index >= 15 is 0 Å². The largest absolute Gasteiger partial charge is 0.334 e. The van der Waals surface area contributed by atoms with E-state index in [0.717, 1.165) is 16.5 Å². The zero-order valence-electron chi connectivity index (χ0n) is 12.4. The van der Waals surface area contributed by atoms with Crippen LogP contribution in [0.3, 0.4) is 0 Å². The first-order chi connectivity index (χ1) is 11.2. The van der Waals surface area contributed by atoms with E-state index in [9.17, 15) is 4.79 Å². The minimum absolute atomic E-state index is 0.170. The summed E-state index contributed by atoms with van der Waals surface area (Å²) in [6.45, 7) is 1.97. The number of carbonyl (C=O) groups excluding carboxylic acids is 1. The molecule has 6 heteroatoms. The maximum atomic E-state index is 12.3. The summed E-state index contributed by atoms with van der Waals surface area (Å²) in [4.78, 5) is 16.5. The van der Waals surface area contributed by atoms with Crippen LogP contribution in [0.2, 0.25) is 0 Å². The van der Waals surface area contributed by atoms with Gasteiger partial charge in [0.15, 0.2) is 5.82 Å². The molecule has 3 rings (SSSR count). The van der Waals surface area contributed by atoms with Gasteiger partial charge < -0.3 is 9.84 Å². The van der Waals surface area contributed by atoms with Crippen molar-refractivity contribution in [2.24, 2.45) is 0 Å². The minimum atomic E-state index is -0.170. The molecule has 116 valence electrons. The van der Waals surface area contributed by atoms with Gasteiger partial charge in [0.25, 0.3) is 11.8 Å². The van der Waals surface area contributed by atoms with Crippen LogP contribution in [0.1, 0.15) is 23.1 Å². The van der Waals surface area contributed by atoms with Crippen LogP contribution < -0.4 is 5.32 Å². The minimum Gasteiger partial charge on any atom is -0.334 e. The Morgan fingerprint density at radius 2 is 1.91 bits per heavy atom. The van der Waals surface area contributed by atoms with Crippen molar-refractivity contribution >= 4 is 27.5 Å². The molecule has 0 atom stereocenters. The summed E-state index contributed by atoms with van der Waals surface area (Å²) in [7, 11) is 0. The molecule has 0 aliphatic heterocycles. The molecule has 0 saturated heterocycles. The predicted octanol–water partition coefficient (Wildman–Crippen LogP) is 4.31. The highest BCUT2D eigenvalue weighted by molar-refractivity contribution is 9.10. The highest BCUT2D eigenvalue weighted by Crippen LogP contribution is 2.21. The van der Waals surface area contributed by atoms with Crippen LogP contribution in [0.25, 0.3) is 11.5 Å². The summed E-state index contributed by atoms with van der Waals surface area (Å²) >= 11 is 3.37. The van der Waals surface area contributed by atoms with Crippen LogP contribution in [0.15, 0.2) is 57.5 Å². The second kappa shape index (κ2) is 6.75. The Kier molecular flexibility index (Phi) is 4.52. The molecule has 1 amide bonds. The lowest BCUT2D eigenvalue weighted by atomic mass is 10.2. The van der Waals surface area contributed by atoms with E-state index in [2.05, 4.69) is 31.4 Å². The van der Waals surface area contributed by atoms with Crippen molar-refractivity contribution in [1.82, 2.24) is 10.1 Å². The molecule has 0 unspecified atom stereocenters. The lowest BCUT2D eigenvalue weighted by molar-refractivity contribution is 0.102. The van der Waals surface area contributed by atoms with Crippen LogP contribution in [0.4, 0.5) is 5.69 Å². The Labute approximate surface area is 141 Å². The Hall–Kier alpha value is -2.47. The van der Waals surface area contributed by atoms with E-state index in [0.29, 0.717) is 23.0 Å². The summed E-state index contributed by atoms with van der Waals surface area (Å²) in [5, 5.41) is 6.73. The zero-order chi connectivity index (χ0) is 16.2. The van der Waals surface area contributed by atoms with Crippen molar-refractivity contribution in [1.29, 1.82) is 0 Å². The first-order valence-electron chi connectivity index (χ1n) is 7.16. The van der Waals surface area contributed by atoms with Crippen molar-refractivity contribution in [3.05, 3.63) is 64.4 Å². The van der Waals surface area contributed by atoms with Gasteiger partial charge in [0.1, 0.15) is 0 Å². The predicted molar refractivity (Wildman–Crippen MR) is 91.2 cm³/mol. The van der Waals surface area contributed by atoms with Crippen LogP contribution in [0.5, 0.6) is 0 Å². The fourth-order valence-electron chi connectivity index (χ4n) is 2.05. The van der Waals surface area contributed by atoms with Crippen molar-refractivity contribution in [3.8, 4) is 11.5 Å². The molecule has 2 aromatic carbocycles. The Morgan fingerprint density at radius 3 is 2.57 bits per heavy atom. The van der Waals surface area contributed by atoms with E-state index < -0.39 is 0 Å². The highest BCUT2D eigenvalue weighted by atomic mass is 79.9. The third-order valence-corrected chi connectivity index (χ3v) is 3.98. The average molecular weight is 372 g/mol. The highest BCUT2D eigenvalue weighted by Gasteiger charge is 2.11. The third kappa shape index (κ3) is 3.48. The monoisotopic (exact) mass is 371 g/mol. The summed E-state index contributed by atoms with van der Waals surface area (Å²) in [6, 6.07) is 14.6. The van der Waals surface area contributed by atoms with Crippen molar-refractivity contribution in [3.63, 3.8) is 0 Å². The quantitative estimate of drug-likeness (QED) is 0.741. The Morgan fingerprint density at radius 1 is 1.17 bits per heavy atom. The number of aromatic nitrogens is 2. The van der Waals surface area contributed by atoms with E-state index in [1.54, 1.807) is 18.2 Å². The van der Waals surface area contributed by atoms with Crippen LogP contribution >= 0.6 is 15.9 Å². The summed E-state index contributed by atoms with van der Waals surface area (Å²) < 4.78 is 5.95. The molecule has 5 nitrogen and oxygen atoms in total. The maximum absolute atomic E-state index is 12.3. The van der Waals surface area contributed by atoms with Gasteiger partial charge in [-0.15, -0.1) is 0 Å². The number of nitrogens with one attached hydrogen (secondary N) is 1. The van der Waals surface area contributed by atoms with Gasteiger partial charge in [-0.05, 0) is 52.3 Å². The fourth-order valence-corrected chi connectivity index (χ4v) is 2.52. The number of aryl methyl sites for hydroxylation is 1. The summed E-state index contributed by atoms with van der Waals surface area (Å²) in [6.07, 6.45) is 0.726. The van der Waals surface area contributed by atoms with Gasteiger partial charge in [-0.25, -0.2) is 0 Å². The molecule has 0 aliphatic rings. The topological polar surface area (TPSA) is 68.0 Å². The van der Waals surface area contributed by atoms with Gasteiger partial charge in [-0.2, -0.15) is 4.98 Å². The van der Waals surface area contributed by atoms with E-state index in [-0.39, 0.29) is 5.91 Å². The molecule has 0 bridgehead atoms. The SMILES string of the molecule is CCc1noc(-c2ccc(NC(=O)c3ccccc3Br)cc2)n1. The van der Waals surface area contributed by atoms with Gasteiger partial charge in [0, 0.05) is 22.1 Å². The van der Waals surface area contributed by atoms with Gasteiger partial charge >= 0.3 is 0 Å². The second-order valence-corrected chi connectivity index (χ2v) is 5.73. The number of carbonyl (C=O) groups is 1. The first-order valence-corrected chi connectivity index (χ1v) is 7.95. The molecular weight excluding hydrogens is 358 g/mol. The smallest absolute Gasteiger partial charge is 0.257 e. The number of halogens is 1. The van der Waals surface area contributed by atoms with Crippen molar-refractivity contribution in [2.45, 2.75) is 13.3 Å². The molecule has 0 saturated carbocycles. The molecule has 1 heterocycles. The number of anilines is 1. The average Bonchev–Trinajstić information content (AvgIpc) is 3.05. The lowest BCUT2D eigenvalue weighted by Crippen LogP contribution is -2.12. The van der Waals surface area contributed by atoms with Gasteiger partial charge in [-0.3, -0.25) is 4.79 Å². The number of amides is 1. The molecular formula is C17H14BrN3O2. The molecule has 1 N–H and O–H groups in total. The van der Waals surface area contributed by atoms with E-state index in [1.165, 1.54) is 0 Å². The molecule has 0 spiro atoms. The summed E-state index contributed by atoms with van der Waals surface area (Å²) in [5.74, 6) is 0.980. The van der Waals surface area contributed by atoms with Crippen LogP contribution in [0, 0.1) is 0 Å². The number of rotatable bonds is 4. The van der Waals surface area contributed by atoms with E-state index in [4.69, 9.17) is 4.52 Å². The number of benzene rings is 2. The molecule has 0 aliphatic carbocycles. The van der Waals surface area contributed by atoms with E-state index in [1.807, 2.05) is 37.3 Å². The molecule has 23 heavy (non-hydrogen) atoms. The first kappa shape index (κ1) is 15.4. The molecule has 0 fully saturated rings. The van der Waals surface area contributed by atoms with Crippen molar-refractivity contribution < 1.29 is 9.32 Å². The normalized spacial score (nSPS) is 10.5. The second-order valence-electron chi connectivity index (χ2n) is 4.88. The number of hydrogen-bond donors (Lipinski definition) is 1. The van der Waals surface area contributed by atoms with Crippen LogP contribution in [-0.4, -0.2) is 16.0 Å².